The Labute approximate surface area is 279 Å². The van der Waals surface area contributed by atoms with Crippen LogP contribution in [0.1, 0.15) is 57.7 Å². The maximum atomic E-state index is 13.9. The summed E-state index contributed by atoms with van der Waals surface area (Å²) in [7, 11) is -2.02. The highest BCUT2D eigenvalue weighted by Gasteiger charge is 2.40. The number of hydrogen-bond donors (Lipinski definition) is 1. The normalized spacial score (nSPS) is 16.2. The molecule has 256 valence electrons. The van der Waals surface area contributed by atoms with Crippen molar-refractivity contribution in [2.75, 3.05) is 25.0 Å². The highest BCUT2D eigenvalue weighted by Crippen LogP contribution is 2.37. The second-order valence-corrected chi connectivity index (χ2v) is 18.9. The zero-order valence-corrected chi connectivity index (χ0v) is 29.5. The van der Waals surface area contributed by atoms with Gasteiger partial charge in [0.1, 0.15) is 5.82 Å². The molecule has 5 rings (SSSR count). The van der Waals surface area contributed by atoms with E-state index in [2.05, 4.69) is 59.3 Å². The van der Waals surface area contributed by atoms with E-state index >= 15 is 0 Å². The molecule has 0 bridgehead atoms. The number of nitrogens with one attached hydrogen (secondary N) is 1. The molecule has 1 aliphatic heterocycles. The average molecular weight is 681 g/mol. The van der Waals surface area contributed by atoms with Crippen LogP contribution in [0.15, 0.2) is 48.9 Å². The van der Waals surface area contributed by atoms with Gasteiger partial charge in [0.25, 0.3) is 5.91 Å². The van der Waals surface area contributed by atoms with Crippen LogP contribution >= 0.6 is 0 Å². The molecule has 4 heterocycles. The number of pyridine rings is 1. The molecule has 1 aromatic carbocycles. The van der Waals surface area contributed by atoms with Crippen molar-refractivity contribution in [2.24, 2.45) is 0 Å². The maximum absolute atomic E-state index is 13.9. The van der Waals surface area contributed by atoms with Crippen LogP contribution in [0.25, 0.3) is 5.65 Å². The Kier molecular flexibility index (Phi) is 9.68. The number of fused-ring (bicyclic) bond motifs is 1. The van der Waals surface area contributed by atoms with Gasteiger partial charge in [-0.25, -0.2) is 18.7 Å². The Morgan fingerprint density at radius 3 is 2.46 bits per heavy atom. The topological polar surface area (TPSA) is 127 Å². The highest BCUT2D eigenvalue weighted by atomic mass is 28.4. The largest absolute Gasteiger partial charge is 0.434 e. The fourth-order valence-corrected chi connectivity index (χ4v) is 6.10. The van der Waals surface area contributed by atoms with E-state index in [-0.39, 0.29) is 34.3 Å². The summed E-state index contributed by atoms with van der Waals surface area (Å²) in [5, 5.41) is 11.4. The fourth-order valence-electron chi connectivity index (χ4n) is 5.18. The maximum Gasteiger partial charge on any atom is 0.255 e. The van der Waals surface area contributed by atoms with Gasteiger partial charge < -0.3 is 19.4 Å². The van der Waals surface area contributed by atoms with E-state index in [1.807, 2.05) is 28.0 Å². The van der Waals surface area contributed by atoms with E-state index in [0.29, 0.717) is 49.3 Å². The minimum atomic E-state index is -2.02. The summed E-state index contributed by atoms with van der Waals surface area (Å²) in [6.07, 6.45) is 4.30. The Morgan fingerprint density at radius 1 is 1.06 bits per heavy atom. The minimum Gasteiger partial charge on any atom is -0.434 e. The van der Waals surface area contributed by atoms with Crippen LogP contribution in [-0.2, 0) is 15.8 Å². The number of nitrogens with zero attached hydrogens (tertiary/aromatic N) is 7. The number of piperazine rings is 1. The second-order valence-electron chi connectivity index (χ2n) is 14.1. The molecule has 1 saturated heterocycles. The quantitative estimate of drug-likeness (QED) is 0.222. The number of anilines is 1. The third-order valence-electron chi connectivity index (χ3n) is 9.18. The number of rotatable bonds is 9. The third kappa shape index (κ3) is 7.53. The van der Waals surface area contributed by atoms with E-state index in [0.717, 1.165) is 12.1 Å². The first-order chi connectivity index (χ1) is 22.4. The van der Waals surface area contributed by atoms with E-state index < -0.39 is 31.5 Å². The van der Waals surface area contributed by atoms with Crippen LogP contribution in [-0.4, -0.2) is 85.7 Å². The summed E-state index contributed by atoms with van der Waals surface area (Å²) >= 11 is 0. The number of amides is 2. The molecule has 1 fully saturated rings. The summed E-state index contributed by atoms with van der Waals surface area (Å²) in [5.74, 6) is -1.42. The number of carbonyl (C=O) groups excluding carboxylic acids is 2. The predicted octanol–water partition coefficient (Wildman–Crippen LogP) is 5.68. The van der Waals surface area contributed by atoms with Crippen LogP contribution in [0.2, 0.25) is 18.1 Å². The van der Waals surface area contributed by atoms with Gasteiger partial charge in [-0.1, -0.05) is 20.8 Å². The summed E-state index contributed by atoms with van der Waals surface area (Å²) in [5.41, 5.74) is 0.559. The lowest BCUT2D eigenvalue weighted by atomic mass is 9.96. The van der Waals surface area contributed by atoms with Crippen molar-refractivity contribution < 1.29 is 27.5 Å². The molecule has 0 aliphatic carbocycles. The minimum absolute atomic E-state index is 0.0201. The van der Waals surface area contributed by atoms with Gasteiger partial charge in [-0.05, 0) is 63.2 Å². The van der Waals surface area contributed by atoms with Crippen LogP contribution < -0.4 is 10.1 Å². The molecular weight excluding hydrogens is 638 g/mol. The summed E-state index contributed by atoms with van der Waals surface area (Å²) in [6, 6.07) is 5.93. The van der Waals surface area contributed by atoms with Gasteiger partial charge in [0.05, 0.1) is 36.1 Å². The molecule has 0 radical (unpaired) electrons. The van der Waals surface area contributed by atoms with Crippen LogP contribution in [0, 0.1) is 11.6 Å². The number of hydrogen-bond acceptors (Lipinski definition) is 9. The molecular formula is C33H42F2N8O4Si. The number of benzene rings is 1. The van der Waals surface area contributed by atoms with Crippen LogP contribution in [0.4, 0.5) is 14.6 Å². The van der Waals surface area contributed by atoms with E-state index in [1.165, 1.54) is 12.4 Å². The molecule has 12 nitrogen and oxygen atoms in total. The standard InChI is InChI=1S/C33H42F2N8O4Si/c1-21(30(44)38-26-16-37-29(17-36-26)47-25-11-10-23(34)15-24(25)35)41-13-14-43(33(5,6)20-41)31(45)22-9-12-27-39-40-28(42(27)18-22)19-46-48(7,8)32(2,3)4/h9-12,15-18,21H,13-14,19-20H2,1-8H3,(H,36,38,44)/t21-/m0/s1. The Hall–Kier alpha value is -4.34. The van der Waals surface area contributed by atoms with Gasteiger partial charge in [-0.2, -0.15) is 0 Å². The number of halogens is 2. The van der Waals surface area contributed by atoms with Crippen molar-refractivity contribution in [1.29, 1.82) is 0 Å². The second kappa shape index (κ2) is 13.3. The average Bonchev–Trinajstić information content (AvgIpc) is 3.43. The number of aromatic nitrogens is 5. The monoisotopic (exact) mass is 680 g/mol. The van der Waals surface area contributed by atoms with Crippen molar-refractivity contribution in [3.05, 3.63) is 71.9 Å². The van der Waals surface area contributed by atoms with Crippen LogP contribution in [0.5, 0.6) is 11.6 Å². The van der Waals surface area contributed by atoms with Gasteiger partial charge in [0.15, 0.2) is 37.2 Å². The number of ether oxygens (including phenoxy) is 1. The smallest absolute Gasteiger partial charge is 0.255 e. The molecule has 48 heavy (non-hydrogen) atoms. The van der Waals surface area contributed by atoms with Crippen molar-refractivity contribution in [3.63, 3.8) is 0 Å². The van der Waals surface area contributed by atoms with Gasteiger partial charge in [0, 0.05) is 31.9 Å². The van der Waals surface area contributed by atoms with Gasteiger partial charge in [-0.15, -0.1) is 10.2 Å². The molecule has 15 heteroatoms. The lowest BCUT2D eigenvalue weighted by Crippen LogP contribution is -2.63. The molecule has 0 unspecified atom stereocenters. The van der Waals surface area contributed by atoms with E-state index in [4.69, 9.17) is 9.16 Å². The van der Waals surface area contributed by atoms with Crippen molar-refractivity contribution in [3.8, 4) is 11.6 Å². The zero-order chi connectivity index (χ0) is 35.0. The molecule has 4 aromatic rings. The summed E-state index contributed by atoms with van der Waals surface area (Å²) in [4.78, 5) is 39.1. The lowest BCUT2D eigenvalue weighted by molar-refractivity contribution is -0.122. The Balaban J connectivity index is 1.20. The van der Waals surface area contributed by atoms with E-state index in [1.54, 1.807) is 25.3 Å². The predicted molar refractivity (Wildman–Crippen MR) is 178 cm³/mol. The Morgan fingerprint density at radius 2 is 1.81 bits per heavy atom. The first-order valence-electron chi connectivity index (χ1n) is 15.7. The Bertz CT molecular complexity index is 1810. The molecule has 1 N–H and O–H groups in total. The SMILES string of the molecule is C[C@@H](C(=O)Nc1cnc(Oc2ccc(F)cc2F)cn1)N1CCN(C(=O)c2ccc3nnc(CO[Si](C)(C)C(C)(C)C)n3c2)C(C)(C)C1. The highest BCUT2D eigenvalue weighted by molar-refractivity contribution is 6.74. The van der Waals surface area contributed by atoms with Gasteiger partial charge in [-0.3, -0.25) is 18.9 Å². The first-order valence-corrected chi connectivity index (χ1v) is 18.7. The van der Waals surface area contributed by atoms with Crippen molar-refractivity contribution >= 4 is 31.6 Å². The van der Waals surface area contributed by atoms with Crippen molar-refractivity contribution in [1.82, 2.24) is 34.4 Å². The molecule has 1 atom stereocenters. The van der Waals surface area contributed by atoms with Gasteiger partial charge >= 0.3 is 0 Å². The molecule has 0 spiro atoms. The molecule has 0 saturated carbocycles. The molecule has 3 aromatic heterocycles. The fraction of sp³-hybridized carbons (Fsp3) is 0.455. The summed E-state index contributed by atoms with van der Waals surface area (Å²) < 4.78 is 40.6. The molecule has 2 amide bonds. The molecule has 1 aliphatic rings. The first kappa shape index (κ1) is 35.0. The number of carbonyl (C=O) groups is 2. The van der Waals surface area contributed by atoms with Crippen molar-refractivity contribution in [2.45, 2.75) is 77.9 Å². The van der Waals surface area contributed by atoms with E-state index in [9.17, 15) is 18.4 Å². The van der Waals surface area contributed by atoms with Crippen LogP contribution in [0.3, 0.4) is 0 Å². The third-order valence-corrected chi connectivity index (χ3v) is 13.7. The lowest BCUT2D eigenvalue weighted by Gasteiger charge is -2.48. The zero-order valence-electron chi connectivity index (χ0n) is 28.5. The van der Waals surface area contributed by atoms with Gasteiger partial charge in [0.2, 0.25) is 11.8 Å². The summed E-state index contributed by atoms with van der Waals surface area (Å²) in [6.45, 7) is 18.3.